The minimum atomic E-state index is 0.709. The van der Waals surface area contributed by atoms with Gasteiger partial charge in [0.15, 0.2) is 5.84 Å². The van der Waals surface area contributed by atoms with Crippen molar-refractivity contribution in [3.8, 4) is 0 Å². The van der Waals surface area contributed by atoms with Crippen LogP contribution in [0.25, 0.3) is 0 Å². The van der Waals surface area contributed by atoms with E-state index in [9.17, 15) is 0 Å². The van der Waals surface area contributed by atoms with Crippen LogP contribution in [0.15, 0.2) is 70.1 Å². The number of halogens is 1. The van der Waals surface area contributed by atoms with Crippen LogP contribution in [0, 0.1) is 6.92 Å². The molecule has 1 N–H and O–H groups in total. The number of benzene rings is 2. The Balaban J connectivity index is 1.88. The number of aliphatic imine (C=N–C) groups is 1. The van der Waals surface area contributed by atoms with Crippen LogP contribution in [0.1, 0.15) is 21.6 Å². The topological polar surface area (TPSA) is 36.8 Å². The quantitative estimate of drug-likeness (QED) is 0.681. The molecule has 3 aromatic rings. The predicted octanol–water partition coefficient (Wildman–Crippen LogP) is 5.14. The van der Waals surface area contributed by atoms with Crippen molar-refractivity contribution >= 4 is 40.2 Å². The molecule has 0 spiro atoms. The fourth-order valence-corrected chi connectivity index (χ4v) is 3.39. The van der Waals surface area contributed by atoms with Gasteiger partial charge in [0.25, 0.3) is 0 Å². The van der Waals surface area contributed by atoms with Crippen LogP contribution in [-0.4, -0.2) is 11.5 Å². The molecule has 1 aliphatic rings. The number of hydrogen-bond donors (Lipinski definition) is 1. The van der Waals surface area contributed by atoms with Crippen molar-refractivity contribution in [1.82, 2.24) is 5.43 Å². The Morgan fingerprint density at radius 3 is 2.62 bits per heavy atom. The Morgan fingerprint density at radius 1 is 1.04 bits per heavy atom. The highest BCUT2D eigenvalue weighted by molar-refractivity contribution is 7.12. The monoisotopic (exact) mass is 351 g/mol. The van der Waals surface area contributed by atoms with Gasteiger partial charge in [0.2, 0.25) is 0 Å². The lowest BCUT2D eigenvalue weighted by Gasteiger charge is -2.08. The summed E-state index contributed by atoms with van der Waals surface area (Å²) in [6.45, 7) is 2.07. The fourth-order valence-electron chi connectivity index (χ4n) is 2.60. The van der Waals surface area contributed by atoms with Gasteiger partial charge in [-0.1, -0.05) is 41.4 Å². The van der Waals surface area contributed by atoms with Crippen molar-refractivity contribution in [1.29, 1.82) is 0 Å². The van der Waals surface area contributed by atoms with Gasteiger partial charge in [0, 0.05) is 16.1 Å². The predicted molar refractivity (Wildman–Crippen MR) is 102 cm³/mol. The maximum Gasteiger partial charge on any atom is 0.164 e. The van der Waals surface area contributed by atoms with Gasteiger partial charge in [0.05, 0.1) is 16.3 Å². The summed E-state index contributed by atoms with van der Waals surface area (Å²) in [4.78, 5) is 5.85. The zero-order chi connectivity index (χ0) is 16.5. The van der Waals surface area contributed by atoms with Gasteiger partial charge >= 0.3 is 0 Å². The molecular formula is C19H14ClN3S. The molecule has 0 amide bonds. The first-order valence-corrected chi connectivity index (χ1v) is 8.80. The van der Waals surface area contributed by atoms with E-state index in [0.717, 1.165) is 33.2 Å². The molecule has 0 aliphatic carbocycles. The Kier molecular flexibility index (Phi) is 3.92. The minimum absolute atomic E-state index is 0.709. The summed E-state index contributed by atoms with van der Waals surface area (Å²) >= 11 is 7.66. The van der Waals surface area contributed by atoms with Gasteiger partial charge in [-0.25, -0.2) is 4.99 Å². The molecule has 2 heterocycles. The first-order valence-electron chi connectivity index (χ1n) is 7.54. The summed E-state index contributed by atoms with van der Waals surface area (Å²) in [6, 6.07) is 18.0. The maximum atomic E-state index is 6.02. The smallest absolute Gasteiger partial charge is 0.164 e. The van der Waals surface area contributed by atoms with Crippen LogP contribution in [0.2, 0.25) is 5.02 Å². The molecule has 24 heavy (non-hydrogen) atoms. The molecule has 3 nitrogen and oxygen atoms in total. The second-order valence-corrected chi connectivity index (χ2v) is 6.92. The van der Waals surface area contributed by atoms with E-state index in [1.54, 1.807) is 11.3 Å². The molecular weight excluding hydrogens is 338 g/mol. The SMILES string of the molecule is Cc1ccc2c(c1)C(c1ccc(Cl)cc1)=NNC(c1cccs1)=N2. The van der Waals surface area contributed by atoms with E-state index in [1.165, 1.54) is 5.56 Å². The van der Waals surface area contributed by atoms with Gasteiger partial charge in [0.1, 0.15) is 0 Å². The molecule has 5 heteroatoms. The van der Waals surface area contributed by atoms with Gasteiger partial charge in [-0.2, -0.15) is 5.10 Å². The lowest BCUT2D eigenvalue weighted by molar-refractivity contribution is 1.03. The highest BCUT2D eigenvalue weighted by Gasteiger charge is 2.17. The van der Waals surface area contributed by atoms with Crippen molar-refractivity contribution in [2.75, 3.05) is 0 Å². The molecule has 0 unspecified atom stereocenters. The van der Waals surface area contributed by atoms with Crippen LogP contribution in [0.3, 0.4) is 0 Å². The van der Waals surface area contributed by atoms with Crippen LogP contribution >= 0.6 is 22.9 Å². The Hall–Kier alpha value is -2.43. The summed E-state index contributed by atoms with van der Waals surface area (Å²) in [5.41, 5.74) is 8.08. The molecule has 0 atom stereocenters. The summed E-state index contributed by atoms with van der Waals surface area (Å²) in [5.74, 6) is 0.763. The minimum Gasteiger partial charge on any atom is -0.260 e. The summed E-state index contributed by atoms with van der Waals surface area (Å²) in [7, 11) is 0. The second kappa shape index (κ2) is 6.23. The highest BCUT2D eigenvalue weighted by Crippen LogP contribution is 2.27. The van der Waals surface area contributed by atoms with E-state index >= 15 is 0 Å². The van der Waals surface area contributed by atoms with E-state index in [2.05, 4.69) is 29.6 Å². The van der Waals surface area contributed by atoms with E-state index in [1.807, 2.05) is 47.8 Å². The Bertz CT molecular complexity index is 941. The number of nitrogens with one attached hydrogen (secondary N) is 1. The van der Waals surface area contributed by atoms with Crippen molar-refractivity contribution in [2.45, 2.75) is 6.92 Å². The molecule has 0 fully saturated rings. The fraction of sp³-hybridized carbons (Fsp3) is 0.0526. The molecule has 0 saturated heterocycles. The highest BCUT2D eigenvalue weighted by atomic mass is 35.5. The first-order chi connectivity index (χ1) is 11.7. The van der Waals surface area contributed by atoms with E-state index < -0.39 is 0 Å². The van der Waals surface area contributed by atoms with Crippen LogP contribution in [0.4, 0.5) is 5.69 Å². The number of hydrazone groups is 1. The summed E-state index contributed by atoms with van der Waals surface area (Å²) in [6.07, 6.45) is 0. The van der Waals surface area contributed by atoms with E-state index in [0.29, 0.717) is 5.02 Å². The van der Waals surface area contributed by atoms with E-state index in [-0.39, 0.29) is 0 Å². The number of amidine groups is 1. The summed E-state index contributed by atoms with van der Waals surface area (Å²) in [5, 5.41) is 7.38. The van der Waals surface area contributed by atoms with Crippen LogP contribution in [-0.2, 0) is 0 Å². The third-order valence-corrected chi connectivity index (χ3v) is 4.91. The largest absolute Gasteiger partial charge is 0.260 e. The van der Waals surface area contributed by atoms with Gasteiger partial charge in [-0.15, -0.1) is 11.3 Å². The van der Waals surface area contributed by atoms with Crippen molar-refractivity contribution in [3.63, 3.8) is 0 Å². The first kappa shape index (κ1) is 15.1. The van der Waals surface area contributed by atoms with Gasteiger partial charge < -0.3 is 0 Å². The molecule has 2 aromatic carbocycles. The Labute approximate surface area is 149 Å². The van der Waals surface area contributed by atoms with Gasteiger partial charge in [-0.05, 0) is 42.6 Å². The van der Waals surface area contributed by atoms with Crippen molar-refractivity contribution < 1.29 is 0 Å². The number of hydrogen-bond acceptors (Lipinski definition) is 4. The number of rotatable bonds is 2. The van der Waals surface area contributed by atoms with Crippen LogP contribution < -0.4 is 5.43 Å². The van der Waals surface area contributed by atoms with Crippen LogP contribution in [0.5, 0.6) is 0 Å². The third-order valence-electron chi connectivity index (χ3n) is 3.79. The number of nitrogens with zero attached hydrogens (tertiary/aromatic N) is 2. The number of thiophene rings is 1. The average molecular weight is 352 g/mol. The van der Waals surface area contributed by atoms with Gasteiger partial charge in [-0.3, -0.25) is 5.43 Å². The molecule has 4 rings (SSSR count). The number of aryl methyl sites for hydroxylation is 1. The average Bonchev–Trinajstić information content (AvgIpc) is 3.05. The lowest BCUT2D eigenvalue weighted by atomic mass is 9.99. The van der Waals surface area contributed by atoms with Crippen molar-refractivity contribution in [2.24, 2.45) is 10.1 Å². The summed E-state index contributed by atoms with van der Waals surface area (Å²) < 4.78 is 0. The standard InChI is InChI=1S/C19H14ClN3S/c1-12-4-9-16-15(11-12)18(13-5-7-14(20)8-6-13)22-23-19(21-16)17-3-2-10-24-17/h2-11H,1H3,(H,21,23). The lowest BCUT2D eigenvalue weighted by Crippen LogP contribution is -2.18. The second-order valence-electron chi connectivity index (χ2n) is 5.54. The Morgan fingerprint density at radius 2 is 1.88 bits per heavy atom. The maximum absolute atomic E-state index is 6.02. The molecule has 1 aliphatic heterocycles. The number of fused-ring (bicyclic) bond motifs is 1. The van der Waals surface area contributed by atoms with Crippen molar-refractivity contribution in [3.05, 3.63) is 86.6 Å². The zero-order valence-corrected chi connectivity index (χ0v) is 14.5. The van der Waals surface area contributed by atoms with E-state index in [4.69, 9.17) is 16.6 Å². The molecule has 118 valence electrons. The zero-order valence-electron chi connectivity index (χ0n) is 13.0. The molecule has 1 aromatic heterocycles. The molecule has 0 bridgehead atoms. The normalized spacial score (nSPS) is 13.4. The molecule has 0 saturated carbocycles. The molecule has 0 radical (unpaired) electrons. The third kappa shape index (κ3) is 2.86.